The maximum absolute atomic E-state index is 11.4. The molecule has 0 atom stereocenters. The first-order valence-corrected chi connectivity index (χ1v) is 8.51. The summed E-state index contributed by atoms with van der Waals surface area (Å²) >= 11 is 5.39. The molecule has 0 aliphatic carbocycles. The van der Waals surface area contributed by atoms with Gasteiger partial charge in [-0.2, -0.15) is 0 Å². The summed E-state index contributed by atoms with van der Waals surface area (Å²) in [4.78, 5) is 13.1. The van der Waals surface area contributed by atoms with Crippen molar-refractivity contribution in [2.75, 3.05) is 25.0 Å². The Morgan fingerprint density at radius 2 is 2.09 bits per heavy atom. The van der Waals surface area contributed by atoms with Gasteiger partial charge in [-0.15, -0.1) is 0 Å². The Morgan fingerprint density at radius 1 is 1.36 bits per heavy atom. The second-order valence-corrected chi connectivity index (χ2v) is 6.42. The van der Waals surface area contributed by atoms with Gasteiger partial charge in [0.1, 0.15) is 0 Å². The normalized spacial score (nSPS) is 21.2. The van der Waals surface area contributed by atoms with Gasteiger partial charge in [0, 0.05) is 30.1 Å². The number of piperidine rings is 1. The summed E-state index contributed by atoms with van der Waals surface area (Å²) in [6, 6.07) is 7.90. The SMILES string of the molecule is CCC[NH+]1CCC(NC(=S)Nc2cccc(C(C)=O)c2)CC1. The number of carbonyl (C=O) groups is 1. The molecule has 3 N–H and O–H groups in total. The molecule has 1 saturated heterocycles. The molecule has 1 aliphatic rings. The van der Waals surface area contributed by atoms with E-state index in [1.807, 2.05) is 24.3 Å². The van der Waals surface area contributed by atoms with Crippen molar-refractivity contribution in [3.63, 3.8) is 0 Å². The summed E-state index contributed by atoms with van der Waals surface area (Å²) in [5, 5.41) is 7.23. The van der Waals surface area contributed by atoms with Gasteiger partial charge in [-0.3, -0.25) is 4.79 Å². The van der Waals surface area contributed by atoms with E-state index in [9.17, 15) is 4.79 Å². The van der Waals surface area contributed by atoms with Crippen LogP contribution in [0, 0.1) is 0 Å². The van der Waals surface area contributed by atoms with E-state index in [2.05, 4.69) is 17.6 Å². The van der Waals surface area contributed by atoms with Gasteiger partial charge >= 0.3 is 0 Å². The maximum atomic E-state index is 11.4. The van der Waals surface area contributed by atoms with Gasteiger partial charge in [-0.05, 0) is 37.7 Å². The lowest BCUT2D eigenvalue weighted by Crippen LogP contribution is -3.13. The molecule has 1 aromatic rings. The van der Waals surface area contributed by atoms with Crippen LogP contribution in [-0.4, -0.2) is 36.6 Å². The first-order chi connectivity index (χ1) is 10.6. The molecule has 1 heterocycles. The van der Waals surface area contributed by atoms with Crippen LogP contribution in [-0.2, 0) is 0 Å². The van der Waals surface area contributed by atoms with Crippen LogP contribution >= 0.6 is 12.2 Å². The predicted molar refractivity (Wildman–Crippen MR) is 94.7 cm³/mol. The highest BCUT2D eigenvalue weighted by molar-refractivity contribution is 7.80. The number of hydrogen-bond donors (Lipinski definition) is 3. The van der Waals surface area contributed by atoms with Crippen molar-refractivity contribution in [3.8, 4) is 0 Å². The molecule has 1 fully saturated rings. The number of hydrogen-bond acceptors (Lipinski definition) is 2. The molecule has 2 rings (SSSR count). The number of nitrogens with one attached hydrogen (secondary N) is 3. The Bertz CT molecular complexity index is 524. The van der Waals surface area contributed by atoms with Crippen molar-refractivity contribution in [1.29, 1.82) is 0 Å². The summed E-state index contributed by atoms with van der Waals surface area (Å²) in [6.07, 6.45) is 3.56. The molecule has 0 amide bonds. The summed E-state index contributed by atoms with van der Waals surface area (Å²) < 4.78 is 0. The fourth-order valence-electron chi connectivity index (χ4n) is 2.94. The fraction of sp³-hybridized carbons (Fsp3) is 0.529. The maximum Gasteiger partial charge on any atom is 0.171 e. The van der Waals surface area contributed by atoms with E-state index in [-0.39, 0.29) is 5.78 Å². The van der Waals surface area contributed by atoms with E-state index < -0.39 is 0 Å². The van der Waals surface area contributed by atoms with E-state index in [1.165, 1.54) is 26.1 Å². The first kappa shape index (κ1) is 16.9. The van der Waals surface area contributed by atoms with E-state index in [0.717, 1.165) is 18.5 Å². The molecule has 0 unspecified atom stereocenters. The number of carbonyl (C=O) groups excluding carboxylic acids is 1. The van der Waals surface area contributed by atoms with E-state index in [0.29, 0.717) is 16.7 Å². The molecular formula is C17H26N3OS+. The molecule has 4 nitrogen and oxygen atoms in total. The van der Waals surface area contributed by atoms with Gasteiger partial charge in [0.05, 0.1) is 19.6 Å². The van der Waals surface area contributed by atoms with Crippen LogP contribution < -0.4 is 15.5 Å². The summed E-state index contributed by atoms with van der Waals surface area (Å²) in [5.41, 5.74) is 1.56. The van der Waals surface area contributed by atoms with Crippen molar-refractivity contribution in [1.82, 2.24) is 5.32 Å². The van der Waals surface area contributed by atoms with Gasteiger partial charge < -0.3 is 15.5 Å². The van der Waals surface area contributed by atoms with Crippen LogP contribution in [0.15, 0.2) is 24.3 Å². The zero-order valence-corrected chi connectivity index (χ0v) is 14.3. The van der Waals surface area contributed by atoms with E-state index in [1.54, 1.807) is 11.8 Å². The molecule has 5 heteroatoms. The molecule has 0 bridgehead atoms. The number of benzene rings is 1. The third kappa shape index (κ3) is 5.07. The second-order valence-electron chi connectivity index (χ2n) is 6.01. The lowest BCUT2D eigenvalue weighted by atomic mass is 10.1. The van der Waals surface area contributed by atoms with Gasteiger partial charge in [-0.1, -0.05) is 19.1 Å². The molecule has 1 aliphatic heterocycles. The monoisotopic (exact) mass is 320 g/mol. The zero-order chi connectivity index (χ0) is 15.9. The number of likely N-dealkylation sites (tertiary alicyclic amines) is 1. The minimum atomic E-state index is 0.0637. The molecule has 1 aromatic carbocycles. The van der Waals surface area contributed by atoms with Crippen molar-refractivity contribution >= 4 is 28.8 Å². The lowest BCUT2D eigenvalue weighted by molar-refractivity contribution is -0.905. The number of quaternary nitrogens is 1. The van der Waals surface area contributed by atoms with Gasteiger partial charge in [0.2, 0.25) is 0 Å². The lowest BCUT2D eigenvalue weighted by Gasteiger charge is -2.30. The molecule has 0 aromatic heterocycles. The molecule has 0 saturated carbocycles. The Labute approximate surface area is 138 Å². The van der Waals surface area contributed by atoms with Crippen LogP contribution in [0.1, 0.15) is 43.5 Å². The van der Waals surface area contributed by atoms with Gasteiger partial charge in [-0.25, -0.2) is 0 Å². The Morgan fingerprint density at radius 3 is 2.73 bits per heavy atom. The van der Waals surface area contributed by atoms with Crippen LogP contribution in [0.4, 0.5) is 5.69 Å². The summed E-state index contributed by atoms with van der Waals surface area (Å²) in [6.45, 7) is 7.52. The topological polar surface area (TPSA) is 45.6 Å². The van der Waals surface area contributed by atoms with Crippen molar-refractivity contribution < 1.29 is 9.69 Å². The minimum Gasteiger partial charge on any atom is -0.359 e. The third-order valence-electron chi connectivity index (χ3n) is 4.16. The Balaban J connectivity index is 1.81. The Kier molecular flexibility index (Phi) is 6.34. The van der Waals surface area contributed by atoms with Crippen LogP contribution in [0.3, 0.4) is 0 Å². The third-order valence-corrected chi connectivity index (χ3v) is 4.38. The molecule has 22 heavy (non-hydrogen) atoms. The standard InChI is InChI=1S/C17H25N3OS/c1-3-9-20-10-7-15(8-11-20)18-17(22)19-16-6-4-5-14(12-16)13(2)21/h4-6,12,15H,3,7-11H2,1-2H3,(H2,18,19,22)/p+1. The highest BCUT2D eigenvalue weighted by Gasteiger charge is 2.21. The quantitative estimate of drug-likeness (QED) is 0.570. The van der Waals surface area contributed by atoms with Gasteiger partial charge in [0.25, 0.3) is 0 Å². The molecule has 120 valence electrons. The highest BCUT2D eigenvalue weighted by Crippen LogP contribution is 2.11. The smallest absolute Gasteiger partial charge is 0.171 e. The molecule has 0 radical (unpaired) electrons. The average Bonchev–Trinajstić information content (AvgIpc) is 2.49. The average molecular weight is 320 g/mol. The number of anilines is 1. The molecular weight excluding hydrogens is 294 g/mol. The second kappa shape index (κ2) is 8.25. The van der Waals surface area contributed by atoms with Crippen molar-refractivity contribution in [2.45, 2.75) is 39.2 Å². The largest absolute Gasteiger partial charge is 0.359 e. The fourth-order valence-corrected chi connectivity index (χ4v) is 3.23. The predicted octanol–water partition coefficient (Wildman–Crippen LogP) is 1.63. The Hall–Kier alpha value is -1.46. The van der Waals surface area contributed by atoms with Crippen LogP contribution in [0.2, 0.25) is 0 Å². The number of Topliss-reactive ketones (excluding diaryl/α,β-unsaturated/α-hetero) is 1. The highest BCUT2D eigenvalue weighted by atomic mass is 32.1. The van der Waals surface area contributed by atoms with Crippen molar-refractivity contribution in [2.24, 2.45) is 0 Å². The molecule has 0 spiro atoms. The summed E-state index contributed by atoms with van der Waals surface area (Å²) in [7, 11) is 0. The number of ketones is 1. The minimum absolute atomic E-state index is 0.0637. The van der Waals surface area contributed by atoms with Gasteiger partial charge in [0.15, 0.2) is 10.9 Å². The number of thiocarbonyl (C=S) groups is 1. The zero-order valence-electron chi connectivity index (χ0n) is 13.4. The summed E-state index contributed by atoms with van der Waals surface area (Å²) in [5.74, 6) is 0.0637. The van der Waals surface area contributed by atoms with E-state index >= 15 is 0 Å². The van der Waals surface area contributed by atoms with Crippen LogP contribution in [0.25, 0.3) is 0 Å². The van der Waals surface area contributed by atoms with Crippen LogP contribution in [0.5, 0.6) is 0 Å². The number of rotatable bonds is 5. The first-order valence-electron chi connectivity index (χ1n) is 8.10. The van der Waals surface area contributed by atoms with Crippen molar-refractivity contribution in [3.05, 3.63) is 29.8 Å². The van der Waals surface area contributed by atoms with E-state index in [4.69, 9.17) is 12.2 Å².